The van der Waals surface area contributed by atoms with Gasteiger partial charge in [-0.15, -0.1) is 0 Å². The van der Waals surface area contributed by atoms with Crippen molar-refractivity contribution in [2.75, 3.05) is 19.6 Å². The Morgan fingerprint density at radius 1 is 1.20 bits per heavy atom. The Labute approximate surface area is 153 Å². The lowest BCUT2D eigenvalue weighted by atomic mass is 9.99. The highest BCUT2D eigenvalue weighted by Gasteiger charge is 2.24. The number of piperidine rings is 1. The van der Waals surface area contributed by atoms with E-state index in [2.05, 4.69) is 10.6 Å². The molecule has 2 aromatic rings. The summed E-state index contributed by atoms with van der Waals surface area (Å²) >= 11 is 5.92. The van der Waals surface area contributed by atoms with E-state index in [1.54, 1.807) is 24.3 Å². The van der Waals surface area contributed by atoms with Crippen LogP contribution in [0.5, 0.6) is 5.75 Å². The smallest absolute Gasteiger partial charge is 0.265 e. The fourth-order valence-corrected chi connectivity index (χ4v) is 3.11. The molecule has 2 N–H and O–H groups in total. The largest absolute Gasteiger partial charge is 0.476 e. The standard InChI is InChI=1S/C20H23ClN2O2/c21-17-8-10-18(11-9-17)25-19(16-6-2-1-3-7-16)20(24)23-14-15-5-4-12-22-13-15/h1-3,6-11,15,19,22H,4-5,12-14H2,(H,23,24). The summed E-state index contributed by atoms with van der Waals surface area (Å²) in [4.78, 5) is 12.8. The van der Waals surface area contributed by atoms with Gasteiger partial charge in [-0.3, -0.25) is 4.79 Å². The van der Waals surface area contributed by atoms with Crippen molar-refractivity contribution in [2.24, 2.45) is 5.92 Å². The Kier molecular flexibility index (Phi) is 6.31. The number of carbonyl (C=O) groups is 1. The average Bonchev–Trinajstić information content (AvgIpc) is 2.67. The van der Waals surface area contributed by atoms with Gasteiger partial charge in [-0.25, -0.2) is 0 Å². The highest BCUT2D eigenvalue weighted by molar-refractivity contribution is 6.30. The number of carbonyl (C=O) groups excluding carboxylic acids is 1. The molecule has 4 nitrogen and oxygen atoms in total. The zero-order valence-electron chi connectivity index (χ0n) is 14.1. The highest BCUT2D eigenvalue weighted by atomic mass is 35.5. The summed E-state index contributed by atoms with van der Waals surface area (Å²) in [5.74, 6) is 0.976. The minimum Gasteiger partial charge on any atom is -0.476 e. The predicted octanol–water partition coefficient (Wildman–Crippen LogP) is 3.58. The van der Waals surface area contributed by atoms with Gasteiger partial charge in [0.05, 0.1) is 0 Å². The lowest BCUT2D eigenvalue weighted by Gasteiger charge is -2.25. The van der Waals surface area contributed by atoms with Gasteiger partial charge >= 0.3 is 0 Å². The van der Waals surface area contributed by atoms with Crippen LogP contribution in [0.25, 0.3) is 0 Å². The average molecular weight is 359 g/mol. The number of ether oxygens (including phenoxy) is 1. The van der Waals surface area contributed by atoms with E-state index in [4.69, 9.17) is 16.3 Å². The Bertz CT molecular complexity index is 670. The molecule has 0 spiro atoms. The van der Waals surface area contributed by atoms with E-state index in [0.717, 1.165) is 31.5 Å². The molecule has 1 aliphatic heterocycles. The normalized spacial score (nSPS) is 18.4. The van der Waals surface area contributed by atoms with Crippen molar-refractivity contribution in [1.29, 1.82) is 0 Å². The van der Waals surface area contributed by atoms with Gasteiger partial charge in [-0.2, -0.15) is 0 Å². The number of hydrogen-bond donors (Lipinski definition) is 2. The third-order valence-electron chi connectivity index (χ3n) is 4.37. The quantitative estimate of drug-likeness (QED) is 0.829. The van der Waals surface area contributed by atoms with E-state index in [9.17, 15) is 4.79 Å². The van der Waals surface area contributed by atoms with Gasteiger partial charge in [-0.05, 0) is 56.1 Å². The third-order valence-corrected chi connectivity index (χ3v) is 4.62. The van der Waals surface area contributed by atoms with Crippen molar-refractivity contribution < 1.29 is 9.53 Å². The van der Waals surface area contributed by atoms with Crippen LogP contribution < -0.4 is 15.4 Å². The lowest BCUT2D eigenvalue weighted by Crippen LogP contribution is -2.40. The van der Waals surface area contributed by atoms with Crippen molar-refractivity contribution >= 4 is 17.5 Å². The van der Waals surface area contributed by atoms with Gasteiger partial charge in [0.25, 0.3) is 5.91 Å². The van der Waals surface area contributed by atoms with E-state index < -0.39 is 6.10 Å². The molecular formula is C20H23ClN2O2. The maximum atomic E-state index is 12.8. The summed E-state index contributed by atoms with van der Waals surface area (Å²) in [5.41, 5.74) is 0.830. The fraction of sp³-hybridized carbons (Fsp3) is 0.350. The molecule has 2 aromatic carbocycles. The van der Waals surface area contributed by atoms with Gasteiger partial charge in [0.2, 0.25) is 6.10 Å². The summed E-state index contributed by atoms with van der Waals surface area (Å²) in [5, 5.41) is 7.06. The first-order chi connectivity index (χ1) is 12.2. The van der Waals surface area contributed by atoms with Crippen molar-refractivity contribution in [3.05, 3.63) is 65.2 Å². The molecule has 132 valence electrons. The second kappa shape index (κ2) is 8.88. The number of nitrogens with one attached hydrogen (secondary N) is 2. The molecule has 1 saturated heterocycles. The molecule has 2 atom stereocenters. The molecule has 1 aliphatic rings. The molecule has 0 aliphatic carbocycles. The molecule has 3 rings (SSSR count). The van der Waals surface area contributed by atoms with Crippen LogP contribution in [-0.4, -0.2) is 25.5 Å². The molecule has 1 heterocycles. The zero-order chi connectivity index (χ0) is 17.5. The third kappa shape index (κ3) is 5.21. The van der Waals surface area contributed by atoms with Crippen molar-refractivity contribution in [2.45, 2.75) is 18.9 Å². The Morgan fingerprint density at radius 2 is 1.96 bits per heavy atom. The van der Waals surface area contributed by atoms with Crippen LogP contribution in [0.2, 0.25) is 5.02 Å². The second-order valence-electron chi connectivity index (χ2n) is 6.32. The summed E-state index contributed by atoms with van der Waals surface area (Å²) < 4.78 is 5.97. The van der Waals surface area contributed by atoms with Crippen LogP contribution in [-0.2, 0) is 4.79 Å². The molecule has 25 heavy (non-hydrogen) atoms. The van der Waals surface area contributed by atoms with Crippen LogP contribution in [0.1, 0.15) is 24.5 Å². The molecular weight excluding hydrogens is 336 g/mol. The first kappa shape index (κ1) is 17.8. The topological polar surface area (TPSA) is 50.4 Å². The van der Waals surface area contributed by atoms with Crippen molar-refractivity contribution in [3.8, 4) is 5.75 Å². The van der Waals surface area contributed by atoms with Crippen molar-refractivity contribution in [1.82, 2.24) is 10.6 Å². The van der Waals surface area contributed by atoms with Gasteiger partial charge in [0, 0.05) is 17.1 Å². The van der Waals surface area contributed by atoms with E-state index >= 15 is 0 Å². The fourth-order valence-electron chi connectivity index (χ4n) is 2.99. The molecule has 0 radical (unpaired) electrons. The number of amides is 1. The van der Waals surface area contributed by atoms with Crippen LogP contribution >= 0.6 is 11.6 Å². The van der Waals surface area contributed by atoms with E-state index in [0.29, 0.717) is 23.2 Å². The SMILES string of the molecule is O=C(NCC1CCCNC1)C(Oc1ccc(Cl)cc1)c1ccccc1. The van der Waals surface area contributed by atoms with E-state index in [1.165, 1.54) is 0 Å². The molecule has 1 amide bonds. The highest BCUT2D eigenvalue weighted by Crippen LogP contribution is 2.24. The van der Waals surface area contributed by atoms with Gasteiger partial charge in [0.15, 0.2) is 0 Å². The first-order valence-electron chi connectivity index (χ1n) is 8.68. The van der Waals surface area contributed by atoms with E-state index in [1.807, 2.05) is 30.3 Å². The van der Waals surface area contributed by atoms with Crippen LogP contribution in [0.3, 0.4) is 0 Å². The Balaban J connectivity index is 1.69. The minimum atomic E-state index is -0.682. The van der Waals surface area contributed by atoms with E-state index in [-0.39, 0.29) is 5.91 Å². The van der Waals surface area contributed by atoms with Crippen LogP contribution in [0.4, 0.5) is 0 Å². The molecule has 0 bridgehead atoms. The molecule has 2 unspecified atom stereocenters. The van der Waals surface area contributed by atoms with Crippen LogP contribution in [0.15, 0.2) is 54.6 Å². The lowest BCUT2D eigenvalue weighted by molar-refractivity contribution is -0.128. The number of benzene rings is 2. The number of rotatable bonds is 6. The van der Waals surface area contributed by atoms with Crippen molar-refractivity contribution in [3.63, 3.8) is 0 Å². The summed E-state index contributed by atoms with van der Waals surface area (Å²) in [6, 6.07) is 16.6. The Hall–Kier alpha value is -2.04. The molecule has 0 aromatic heterocycles. The molecule has 0 saturated carbocycles. The van der Waals surface area contributed by atoms with Gasteiger partial charge < -0.3 is 15.4 Å². The first-order valence-corrected chi connectivity index (χ1v) is 9.06. The monoisotopic (exact) mass is 358 g/mol. The second-order valence-corrected chi connectivity index (χ2v) is 6.76. The maximum Gasteiger partial charge on any atom is 0.265 e. The maximum absolute atomic E-state index is 12.8. The van der Waals surface area contributed by atoms with Gasteiger partial charge in [0.1, 0.15) is 5.75 Å². The summed E-state index contributed by atoms with van der Waals surface area (Å²) in [6.07, 6.45) is 1.62. The van der Waals surface area contributed by atoms with Gasteiger partial charge in [-0.1, -0.05) is 41.9 Å². The number of halogens is 1. The number of hydrogen-bond acceptors (Lipinski definition) is 3. The summed E-state index contributed by atoms with van der Waals surface area (Å²) in [6.45, 7) is 2.68. The zero-order valence-corrected chi connectivity index (χ0v) is 14.8. The predicted molar refractivity (Wildman–Crippen MR) is 99.9 cm³/mol. The Morgan fingerprint density at radius 3 is 2.64 bits per heavy atom. The molecule has 1 fully saturated rings. The minimum absolute atomic E-state index is 0.119. The summed E-state index contributed by atoms with van der Waals surface area (Å²) in [7, 11) is 0. The van der Waals surface area contributed by atoms with Crippen LogP contribution in [0, 0.1) is 5.92 Å². The molecule has 5 heteroatoms.